The molecule has 7 heteroatoms. The van der Waals surface area contributed by atoms with Crippen LogP contribution in [0.4, 0.5) is 10.8 Å². The molecule has 2 amide bonds. The standard InChI is InChI=1S/C23H23N3O3S/c1-14(2)15-3-5-16(6-4-15)20-13-30-23(25-20)26-22(28)12-29-18-8-9-19-17(11-18)7-10-21(27)24-19/h3-6,8-9,11,13-14H,7,10,12H2,1-2H3,(H,24,27)(H,25,26,28). The van der Waals surface area contributed by atoms with Crippen LogP contribution in [0, 0.1) is 0 Å². The van der Waals surface area contributed by atoms with Crippen molar-refractivity contribution in [3.8, 4) is 17.0 Å². The van der Waals surface area contributed by atoms with E-state index in [1.807, 2.05) is 11.4 Å². The lowest BCUT2D eigenvalue weighted by molar-refractivity contribution is -0.118. The molecule has 2 aromatic carbocycles. The van der Waals surface area contributed by atoms with Gasteiger partial charge in [-0.05, 0) is 41.7 Å². The highest BCUT2D eigenvalue weighted by Gasteiger charge is 2.15. The first-order valence-electron chi connectivity index (χ1n) is 9.89. The number of ether oxygens (including phenoxy) is 1. The molecule has 4 rings (SSSR count). The number of hydrogen-bond acceptors (Lipinski definition) is 5. The molecule has 3 aromatic rings. The number of rotatable bonds is 6. The van der Waals surface area contributed by atoms with Gasteiger partial charge in [0.15, 0.2) is 11.7 Å². The molecule has 2 heterocycles. The smallest absolute Gasteiger partial charge is 0.264 e. The van der Waals surface area contributed by atoms with Crippen LogP contribution < -0.4 is 15.4 Å². The summed E-state index contributed by atoms with van der Waals surface area (Å²) in [6.45, 7) is 4.22. The first kappa shape index (κ1) is 20.1. The minimum absolute atomic E-state index is 0.0224. The van der Waals surface area contributed by atoms with Crippen molar-refractivity contribution in [2.24, 2.45) is 0 Å². The molecule has 1 aliphatic rings. The monoisotopic (exact) mass is 421 g/mol. The first-order chi connectivity index (χ1) is 14.5. The second kappa shape index (κ2) is 8.67. The molecule has 0 unspecified atom stereocenters. The summed E-state index contributed by atoms with van der Waals surface area (Å²) in [6.07, 6.45) is 1.13. The van der Waals surface area contributed by atoms with Crippen LogP contribution in [0.3, 0.4) is 0 Å². The molecule has 0 radical (unpaired) electrons. The Balaban J connectivity index is 1.33. The summed E-state index contributed by atoms with van der Waals surface area (Å²) in [5, 5.41) is 8.09. The van der Waals surface area contributed by atoms with Gasteiger partial charge >= 0.3 is 0 Å². The van der Waals surface area contributed by atoms with E-state index < -0.39 is 0 Å². The highest BCUT2D eigenvalue weighted by atomic mass is 32.1. The predicted octanol–water partition coefficient (Wildman–Crippen LogP) is 4.84. The SMILES string of the molecule is CC(C)c1ccc(-c2csc(NC(=O)COc3ccc4c(c3)CCC(=O)N4)n2)cc1. The lowest BCUT2D eigenvalue weighted by atomic mass is 10.0. The van der Waals surface area contributed by atoms with Gasteiger partial charge in [-0.1, -0.05) is 38.1 Å². The van der Waals surface area contributed by atoms with Crippen LogP contribution >= 0.6 is 11.3 Å². The van der Waals surface area contributed by atoms with Gasteiger partial charge in [-0.2, -0.15) is 0 Å². The van der Waals surface area contributed by atoms with E-state index in [1.165, 1.54) is 16.9 Å². The fraction of sp³-hybridized carbons (Fsp3) is 0.261. The molecule has 0 fully saturated rings. The zero-order valence-electron chi connectivity index (χ0n) is 16.9. The van der Waals surface area contributed by atoms with Crippen molar-refractivity contribution in [1.29, 1.82) is 0 Å². The van der Waals surface area contributed by atoms with E-state index in [-0.39, 0.29) is 18.4 Å². The summed E-state index contributed by atoms with van der Waals surface area (Å²) in [5.41, 5.74) is 4.96. The molecule has 2 N–H and O–H groups in total. The number of anilines is 2. The zero-order valence-corrected chi connectivity index (χ0v) is 17.7. The number of amides is 2. The molecule has 0 saturated carbocycles. The van der Waals surface area contributed by atoms with Gasteiger partial charge in [-0.25, -0.2) is 4.98 Å². The van der Waals surface area contributed by atoms with Crippen molar-refractivity contribution in [3.05, 3.63) is 59.0 Å². The van der Waals surface area contributed by atoms with Gasteiger partial charge in [-0.15, -0.1) is 11.3 Å². The van der Waals surface area contributed by atoms with E-state index in [0.717, 1.165) is 22.5 Å². The Kier molecular flexibility index (Phi) is 5.81. The van der Waals surface area contributed by atoms with E-state index in [4.69, 9.17) is 4.74 Å². The summed E-state index contributed by atoms with van der Waals surface area (Å²) in [4.78, 5) is 28.2. The number of carbonyl (C=O) groups excluding carboxylic acids is 2. The summed E-state index contributed by atoms with van der Waals surface area (Å²) < 4.78 is 5.61. The van der Waals surface area contributed by atoms with Crippen molar-refractivity contribution in [1.82, 2.24) is 4.98 Å². The molecule has 6 nitrogen and oxygen atoms in total. The number of aryl methyl sites for hydroxylation is 1. The maximum Gasteiger partial charge on any atom is 0.264 e. The van der Waals surface area contributed by atoms with Crippen LogP contribution in [0.15, 0.2) is 47.8 Å². The highest BCUT2D eigenvalue weighted by Crippen LogP contribution is 2.28. The minimum Gasteiger partial charge on any atom is -0.484 e. The average molecular weight is 422 g/mol. The average Bonchev–Trinajstić information content (AvgIpc) is 3.20. The number of hydrogen-bond donors (Lipinski definition) is 2. The van der Waals surface area contributed by atoms with E-state index in [1.54, 1.807) is 12.1 Å². The maximum absolute atomic E-state index is 12.3. The molecule has 1 aliphatic heterocycles. The maximum atomic E-state index is 12.3. The fourth-order valence-corrected chi connectivity index (χ4v) is 3.99. The van der Waals surface area contributed by atoms with Crippen LogP contribution in [0.1, 0.15) is 37.3 Å². The van der Waals surface area contributed by atoms with Crippen LogP contribution in [-0.4, -0.2) is 23.4 Å². The largest absolute Gasteiger partial charge is 0.484 e. The Bertz CT molecular complexity index is 1070. The lowest BCUT2D eigenvalue weighted by Gasteiger charge is -2.17. The third-order valence-electron chi connectivity index (χ3n) is 4.97. The van der Waals surface area contributed by atoms with Gasteiger partial charge in [-0.3, -0.25) is 14.9 Å². The first-order valence-corrected chi connectivity index (χ1v) is 10.8. The summed E-state index contributed by atoms with van der Waals surface area (Å²) in [7, 11) is 0. The Hall–Kier alpha value is -3.19. The van der Waals surface area contributed by atoms with Crippen molar-refractivity contribution < 1.29 is 14.3 Å². The van der Waals surface area contributed by atoms with E-state index in [9.17, 15) is 9.59 Å². The second-order valence-corrected chi connectivity index (χ2v) is 8.38. The molecule has 0 atom stereocenters. The van der Waals surface area contributed by atoms with Gasteiger partial charge in [0.25, 0.3) is 5.91 Å². The zero-order chi connectivity index (χ0) is 21.1. The topological polar surface area (TPSA) is 80.3 Å². The van der Waals surface area contributed by atoms with Gasteiger partial charge in [0, 0.05) is 23.1 Å². The van der Waals surface area contributed by atoms with Crippen LogP contribution in [-0.2, 0) is 16.0 Å². The molecule has 0 spiro atoms. The Morgan fingerprint density at radius 3 is 2.77 bits per heavy atom. The third kappa shape index (κ3) is 4.68. The molecule has 1 aromatic heterocycles. The van der Waals surface area contributed by atoms with Crippen molar-refractivity contribution in [2.45, 2.75) is 32.6 Å². The molecular formula is C23H23N3O3S. The molecule has 0 saturated heterocycles. The molecule has 0 aliphatic carbocycles. The summed E-state index contributed by atoms with van der Waals surface area (Å²) >= 11 is 1.38. The molecule has 154 valence electrons. The third-order valence-corrected chi connectivity index (χ3v) is 5.72. The van der Waals surface area contributed by atoms with Crippen LogP contribution in [0.25, 0.3) is 11.3 Å². The second-order valence-electron chi connectivity index (χ2n) is 7.52. The molecule has 0 bridgehead atoms. The summed E-state index contributed by atoms with van der Waals surface area (Å²) in [5.74, 6) is 0.842. The minimum atomic E-state index is -0.267. The van der Waals surface area contributed by atoms with Crippen molar-refractivity contribution in [2.75, 3.05) is 17.2 Å². The van der Waals surface area contributed by atoms with E-state index in [0.29, 0.717) is 29.6 Å². The Morgan fingerprint density at radius 1 is 1.20 bits per heavy atom. The predicted molar refractivity (Wildman–Crippen MR) is 119 cm³/mol. The molecule has 30 heavy (non-hydrogen) atoms. The van der Waals surface area contributed by atoms with Gasteiger partial charge in [0.05, 0.1) is 5.69 Å². The van der Waals surface area contributed by atoms with E-state index >= 15 is 0 Å². The highest BCUT2D eigenvalue weighted by molar-refractivity contribution is 7.14. The van der Waals surface area contributed by atoms with Crippen molar-refractivity contribution in [3.63, 3.8) is 0 Å². The number of fused-ring (bicyclic) bond motifs is 1. The number of carbonyl (C=O) groups is 2. The fourth-order valence-electron chi connectivity index (χ4n) is 3.26. The lowest BCUT2D eigenvalue weighted by Crippen LogP contribution is -2.21. The number of benzene rings is 2. The van der Waals surface area contributed by atoms with E-state index in [2.05, 4.69) is 53.7 Å². The van der Waals surface area contributed by atoms with Crippen LogP contribution in [0.5, 0.6) is 5.75 Å². The number of nitrogens with zero attached hydrogens (tertiary/aromatic N) is 1. The molecular weight excluding hydrogens is 398 g/mol. The van der Waals surface area contributed by atoms with Gasteiger partial charge < -0.3 is 10.1 Å². The quantitative estimate of drug-likeness (QED) is 0.597. The Labute approximate surface area is 179 Å². The van der Waals surface area contributed by atoms with Crippen molar-refractivity contribution >= 4 is 34.0 Å². The number of nitrogens with one attached hydrogen (secondary N) is 2. The normalized spacial score (nSPS) is 13.0. The van der Waals surface area contributed by atoms with Gasteiger partial charge in [0.2, 0.25) is 5.91 Å². The van der Waals surface area contributed by atoms with Crippen LogP contribution in [0.2, 0.25) is 0 Å². The summed E-state index contributed by atoms with van der Waals surface area (Å²) in [6, 6.07) is 13.7. The number of aromatic nitrogens is 1. The Morgan fingerprint density at radius 2 is 2.00 bits per heavy atom. The number of thiazole rings is 1. The van der Waals surface area contributed by atoms with Gasteiger partial charge in [0.1, 0.15) is 5.75 Å².